The van der Waals surface area contributed by atoms with Crippen molar-refractivity contribution in [2.24, 2.45) is 0 Å². The summed E-state index contributed by atoms with van der Waals surface area (Å²) in [6.07, 6.45) is -2.99. The van der Waals surface area contributed by atoms with Crippen LogP contribution in [0.15, 0.2) is 60.7 Å². The molecule has 2 saturated heterocycles. The molecule has 0 spiro atoms. The van der Waals surface area contributed by atoms with E-state index < -0.39 is 41.8 Å². The highest BCUT2D eigenvalue weighted by Crippen LogP contribution is 2.45. The standard InChI is InChI=1S/C23H24O8/c1-22(2)30-19-18(24)17(13-27-20(25)15-9-5-3-6-10-15)29-23(19,31-22)14-28-21(26)16-11-7-4-8-12-16/h3-12,17-19,24H,13-14H2,1-2H3/t17-,18-,19-,23-/m1/s1. The molecule has 31 heavy (non-hydrogen) atoms. The van der Waals surface area contributed by atoms with Gasteiger partial charge in [0.15, 0.2) is 5.79 Å². The molecule has 0 aromatic heterocycles. The molecule has 0 bridgehead atoms. The molecule has 0 unspecified atom stereocenters. The van der Waals surface area contributed by atoms with E-state index in [2.05, 4.69) is 0 Å². The SMILES string of the molecule is CC1(C)O[C@@H]2[C@H](O)[C@@H](COC(=O)c3ccccc3)O[C@]2(COC(=O)c2ccccc2)O1. The zero-order valence-corrected chi connectivity index (χ0v) is 17.2. The van der Waals surface area contributed by atoms with Gasteiger partial charge in [-0.3, -0.25) is 0 Å². The summed E-state index contributed by atoms with van der Waals surface area (Å²) in [5.74, 6) is -3.67. The Morgan fingerprint density at radius 2 is 1.45 bits per heavy atom. The first-order valence-electron chi connectivity index (χ1n) is 9.98. The van der Waals surface area contributed by atoms with Crippen LogP contribution in [0.1, 0.15) is 34.6 Å². The summed E-state index contributed by atoms with van der Waals surface area (Å²) in [5, 5.41) is 10.8. The maximum absolute atomic E-state index is 12.4. The quantitative estimate of drug-likeness (QED) is 0.700. The van der Waals surface area contributed by atoms with Crippen LogP contribution in [0.2, 0.25) is 0 Å². The number of carbonyl (C=O) groups is 2. The van der Waals surface area contributed by atoms with Gasteiger partial charge in [-0.05, 0) is 38.1 Å². The summed E-state index contributed by atoms with van der Waals surface area (Å²) >= 11 is 0. The van der Waals surface area contributed by atoms with Gasteiger partial charge >= 0.3 is 11.9 Å². The van der Waals surface area contributed by atoms with Crippen LogP contribution in [-0.4, -0.2) is 60.1 Å². The van der Waals surface area contributed by atoms with Gasteiger partial charge in [0, 0.05) is 0 Å². The third kappa shape index (κ3) is 4.47. The lowest BCUT2D eigenvalue weighted by atomic mass is 10.1. The first-order chi connectivity index (χ1) is 14.8. The summed E-state index contributed by atoms with van der Waals surface area (Å²) in [5.41, 5.74) is 0.760. The van der Waals surface area contributed by atoms with Crippen molar-refractivity contribution >= 4 is 11.9 Å². The Balaban J connectivity index is 1.43. The third-order valence-electron chi connectivity index (χ3n) is 5.11. The Morgan fingerprint density at radius 3 is 2.03 bits per heavy atom. The Labute approximate surface area is 179 Å². The van der Waals surface area contributed by atoms with Crippen LogP contribution < -0.4 is 0 Å². The number of ether oxygens (including phenoxy) is 5. The van der Waals surface area contributed by atoms with Crippen molar-refractivity contribution in [1.29, 1.82) is 0 Å². The lowest BCUT2D eigenvalue weighted by molar-refractivity contribution is -0.276. The molecule has 2 heterocycles. The van der Waals surface area contributed by atoms with E-state index in [1.54, 1.807) is 74.5 Å². The topological polar surface area (TPSA) is 101 Å². The van der Waals surface area contributed by atoms with E-state index >= 15 is 0 Å². The molecule has 4 rings (SSSR count). The van der Waals surface area contributed by atoms with Crippen molar-refractivity contribution in [2.75, 3.05) is 13.2 Å². The van der Waals surface area contributed by atoms with Crippen molar-refractivity contribution < 1.29 is 38.4 Å². The molecule has 8 nitrogen and oxygen atoms in total. The molecule has 0 amide bonds. The molecular formula is C23H24O8. The van der Waals surface area contributed by atoms with Gasteiger partial charge in [0.1, 0.15) is 31.5 Å². The Hall–Kier alpha value is -2.78. The van der Waals surface area contributed by atoms with Gasteiger partial charge in [-0.15, -0.1) is 0 Å². The van der Waals surface area contributed by atoms with E-state index in [4.69, 9.17) is 23.7 Å². The number of hydrogen-bond donors (Lipinski definition) is 1. The summed E-state index contributed by atoms with van der Waals surface area (Å²) in [4.78, 5) is 24.6. The molecule has 0 aliphatic carbocycles. The molecule has 4 atom stereocenters. The predicted octanol–water partition coefficient (Wildman–Crippen LogP) is 2.31. The zero-order chi connectivity index (χ0) is 22.1. The second-order valence-corrected chi connectivity index (χ2v) is 7.91. The number of rotatable bonds is 6. The first kappa shape index (κ1) is 21.5. The summed E-state index contributed by atoms with van der Waals surface area (Å²) in [6.45, 7) is 2.83. The normalized spacial score (nSPS) is 28.7. The number of fused-ring (bicyclic) bond motifs is 1. The summed E-state index contributed by atoms with van der Waals surface area (Å²) in [7, 11) is 0. The molecule has 2 aliphatic rings. The Morgan fingerprint density at radius 1 is 0.903 bits per heavy atom. The molecule has 2 fully saturated rings. The average molecular weight is 428 g/mol. The minimum absolute atomic E-state index is 0.215. The van der Waals surface area contributed by atoms with E-state index in [1.807, 2.05) is 0 Å². The van der Waals surface area contributed by atoms with Gasteiger partial charge < -0.3 is 28.8 Å². The lowest BCUT2D eigenvalue weighted by Gasteiger charge is -2.28. The van der Waals surface area contributed by atoms with Gasteiger partial charge in [0.2, 0.25) is 5.79 Å². The van der Waals surface area contributed by atoms with Crippen molar-refractivity contribution in [3.05, 3.63) is 71.8 Å². The second-order valence-electron chi connectivity index (χ2n) is 7.91. The second kappa shape index (κ2) is 8.39. The van der Waals surface area contributed by atoms with E-state index in [1.165, 1.54) is 0 Å². The van der Waals surface area contributed by atoms with Crippen LogP contribution in [0.3, 0.4) is 0 Å². The van der Waals surface area contributed by atoms with E-state index in [0.29, 0.717) is 11.1 Å². The van der Waals surface area contributed by atoms with Crippen LogP contribution in [0, 0.1) is 0 Å². The largest absolute Gasteiger partial charge is 0.459 e. The van der Waals surface area contributed by atoms with Gasteiger partial charge in [-0.2, -0.15) is 0 Å². The van der Waals surface area contributed by atoms with Crippen LogP contribution in [0.4, 0.5) is 0 Å². The molecule has 2 aromatic carbocycles. The smallest absolute Gasteiger partial charge is 0.338 e. The van der Waals surface area contributed by atoms with E-state index in [9.17, 15) is 14.7 Å². The minimum Gasteiger partial charge on any atom is -0.459 e. The number of aliphatic hydroxyl groups is 1. The number of aliphatic hydroxyl groups excluding tert-OH is 1. The van der Waals surface area contributed by atoms with Crippen molar-refractivity contribution in [3.8, 4) is 0 Å². The van der Waals surface area contributed by atoms with Gasteiger partial charge in [-0.25, -0.2) is 9.59 Å². The fraction of sp³-hybridized carbons (Fsp3) is 0.391. The number of hydrogen-bond acceptors (Lipinski definition) is 8. The monoisotopic (exact) mass is 428 g/mol. The molecule has 2 aliphatic heterocycles. The predicted molar refractivity (Wildman–Crippen MR) is 107 cm³/mol. The van der Waals surface area contributed by atoms with Gasteiger partial charge in [-0.1, -0.05) is 36.4 Å². The highest BCUT2D eigenvalue weighted by Gasteiger charge is 2.65. The number of carbonyl (C=O) groups excluding carboxylic acids is 2. The highest BCUT2D eigenvalue weighted by atomic mass is 16.9. The average Bonchev–Trinajstić information content (AvgIpc) is 3.18. The summed E-state index contributed by atoms with van der Waals surface area (Å²) in [6, 6.07) is 17.0. The molecule has 0 saturated carbocycles. The van der Waals surface area contributed by atoms with Crippen molar-refractivity contribution in [1.82, 2.24) is 0 Å². The molecule has 164 valence electrons. The Kier molecular flexibility index (Phi) is 5.81. The van der Waals surface area contributed by atoms with Crippen LogP contribution in [0.25, 0.3) is 0 Å². The third-order valence-corrected chi connectivity index (χ3v) is 5.11. The molecule has 1 N–H and O–H groups in total. The minimum atomic E-state index is -1.52. The van der Waals surface area contributed by atoms with E-state index in [-0.39, 0.29) is 13.2 Å². The maximum atomic E-state index is 12.4. The fourth-order valence-electron chi connectivity index (χ4n) is 3.75. The molecular weight excluding hydrogens is 404 g/mol. The van der Waals surface area contributed by atoms with Gasteiger partial charge in [0.05, 0.1) is 11.1 Å². The van der Waals surface area contributed by atoms with Crippen LogP contribution in [0.5, 0.6) is 0 Å². The Bertz CT molecular complexity index is 929. The molecule has 8 heteroatoms. The molecule has 2 aromatic rings. The van der Waals surface area contributed by atoms with E-state index in [0.717, 1.165) is 0 Å². The first-order valence-corrected chi connectivity index (χ1v) is 9.98. The number of benzene rings is 2. The maximum Gasteiger partial charge on any atom is 0.338 e. The lowest BCUT2D eigenvalue weighted by Crippen LogP contribution is -2.45. The van der Waals surface area contributed by atoms with Crippen molar-refractivity contribution in [2.45, 2.75) is 43.7 Å². The fourth-order valence-corrected chi connectivity index (χ4v) is 3.75. The zero-order valence-electron chi connectivity index (χ0n) is 17.2. The van der Waals surface area contributed by atoms with Crippen LogP contribution in [-0.2, 0) is 23.7 Å². The van der Waals surface area contributed by atoms with Crippen molar-refractivity contribution in [3.63, 3.8) is 0 Å². The van der Waals surface area contributed by atoms with Gasteiger partial charge in [0.25, 0.3) is 0 Å². The summed E-state index contributed by atoms with van der Waals surface area (Å²) < 4.78 is 28.4. The van der Waals surface area contributed by atoms with Crippen LogP contribution >= 0.6 is 0 Å². The molecule has 0 radical (unpaired) electrons. The number of esters is 2. The highest BCUT2D eigenvalue weighted by molar-refractivity contribution is 5.89.